The first-order valence-corrected chi connectivity index (χ1v) is 16.1. The minimum absolute atomic E-state index is 0.0355. The van der Waals surface area contributed by atoms with Gasteiger partial charge in [0.25, 0.3) is 5.91 Å². The summed E-state index contributed by atoms with van der Waals surface area (Å²) in [7, 11) is -4.39. The molecule has 1 aliphatic heterocycles. The van der Waals surface area contributed by atoms with Gasteiger partial charge in [-0.2, -0.15) is 0 Å². The fraction of sp³-hybridized carbons (Fsp3) is 0.406. The number of carbonyl (C=O) groups is 5. The Morgan fingerprint density at radius 1 is 0.956 bits per heavy atom. The van der Waals surface area contributed by atoms with E-state index in [-0.39, 0.29) is 37.2 Å². The van der Waals surface area contributed by atoms with E-state index in [1.54, 1.807) is 77.1 Å². The molecule has 1 fully saturated rings. The molecule has 12 nitrogen and oxygen atoms in total. The van der Waals surface area contributed by atoms with Crippen LogP contribution >= 0.6 is 7.60 Å². The quantitative estimate of drug-likeness (QED) is 0.0892. The molecule has 1 saturated heterocycles. The molecule has 0 spiro atoms. The number of esters is 2. The van der Waals surface area contributed by atoms with E-state index in [0.29, 0.717) is 4.90 Å². The highest BCUT2D eigenvalue weighted by atomic mass is 31.2. The molecular weight excluding hydrogens is 603 g/mol. The molecule has 1 unspecified atom stereocenters. The van der Waals surface area contributed by atoms with Crippen LogP contribution in [-0.2, 0) is 32.7 Å². The van der Waals surface area contributed by atoms with Crippen molar-refractivity contribution in [3.8, 4) is 0 Å². The number of hydrogen-bond donors (Lipinski definition) is 0. The van der Waals surface area contributed by atoms with Crippen molar-refractivity contribution in [2.24, 2.45) is 0 Å². The second-order valence-corrected chi connectivity index (χ2v) is 13.1. The average molecular weight is 643 g/mol. The summed E-state index contributed by atoms with van der Waals surface area (Å²) in [5.74, 6) is -5.79. The van der Waals surface area contributed by atoms with Crippen LogP contribution in [0.2, 0.25) is 0 Å². The van der Waals surface area contributed by atoms with Gasteiger partial charge in [0.05, 0.1) is 24.8 Å². The molecule has 0 bridgehead atoms. The van der Waals surface area contributed by atoms with Gasteiger partial charge in [-0.1, -0.05) is 42.5 Å². The van der Waals surface area contributed by atoms with Crippen molar-refractivity contribution in [2.75, 3.05) is 13.2 Å². The molecule has 1 heterocycles. The Bertz CT molecular complexity index is 1430. The molecule has 3 atom stereocenters. The second kappa shape index (κ2) is 15.2. The van der Waals surface area contributed by atoms with Gasteiger partial charge in [0, 0.05) is 5.56 Å². The van der Waals surface area contributed by atoms with Gasteiger partial charge in [-0.25, -0.2) is 19.3 Å². The Balaban J connectivity index is 2.12. The predicted molar refractivity (Wildman–Crippen MR) is 164 cm³/mol. The number of allylic oxidation sites excluding steroid dienone is 1. The maximum absolute atomic E-state index is 14.1. The number of nitrogens with zero attached hydrogens (tertiary/aromatic N) is 2. The standard InChI is InChI=1S/C32H39N2O10P/c1-7-10-21-24-25(27(36)33(24)28(30(38)44-32(4,5)6)45(40,41-8-2)42-9-3)34(26(35)22-17-13-11-14-18-22)31(39)43-29(37)23-19-15-12-16-20-23/h7,11-20,24-25,28H,1,8-10,21H2,2-6H3/t24-,25+,28?/m1/s1. The van der Waals surface area contributed by atoms with Gasteiger partial charge in [-0.15, -0.1) is 6.58 Å². The summed E-state index contributed by atoms with van der Waals surface area (Å²) in [6.07, 6.45) is 0.498. The van der Waals surface area contributed by atoms with Gasteiger partial charge < -0.3 is 23.4 Å². The number of carbonyl (C=O) groups excluding carboxylic acids is 5. The Hall–Kier alpha value is -4.12. The van der Waals surface area contributed by atoms with Gasteiger partial charge in [-0.3, -0.25) is 14.2 Å². The molecular formula is C32H39N2O10P. The fourth-order valence-corrected chi connectivity index (χ4v) is 6.79. The monoisotopic (exact) mass is 642 g/mol. The molecule has 13 heteroatoms. The Kier molecular flexibility index (Phi) is 12.0. The summed E-state index contributed by atoms with van der Waals surface area (Å²) >= 11 is 0. The SMILES string of the molecule is C=CCC[C@@H]1[C@H](N(C(=O)OC(=O)c2ccccc2)C(=O)c2ccccc2)C(=O)N1C(C(=O)OC(C)(C)C)P(=O)(OCC)OCC. The number of benzene rings is 2. The van der Waals surface area contributed by atoms with Crippen LogP contribution in [0, 0.1) is 0 Å². The lowest BCUT2D eigenvalue weighted by Gasteiger charge is -2.52. The first kappa shape index (κ1) is 35.4. The van der Waals surface area contributed by atoms with E-state index in [2.05, 4.69) is 6.58 Å². The summed E-state index contributed by atoms with van der Waals surface area (Å²) in [5, 5.41) is 0. The van der Waals surface area contributed by atoms with Crippen LogP contribution in [0.1, 0.15) is 68.2 Å². The maximum Gasteiger partial charge on any atom is 0.425 e. The molecule has 3 amide bonds. The van der Waals surface area contributed by atoms with Crippen LogP contribution < -0.4 is 0 Å². The molecule has 0 aromatic heterocycles. The fourth-order valence-electron chi connectivity index (χ4n) is 4.81. The van der Waals surface area contributed by atoms with E-state index in [0.717, 1.165) is 4.90 Å². The summed E-state index contributed by atoms with van der Waals surface area (Å²) in [6.45, 7) is 11.4. The van der Waals surface area contributed by atoms with Crippen molar-refractivity contribution < 1.29 is 47.1 Å². The molecule has 0 saturated carbocycles. The highest BCUT2D eigenvalue weighted by Crippen LogP contribution is 2.57. The molecule has 2 aromatic rings. The van der Waals surface area contributed by atoms with Gasteiger partial charge in [0.2, 0.25) is 11.7 Å². The lowest BCUT2D eigenvalue weighted by atomic mass is 9.89. The smallest absolute Gasteiger partial charge is 0.425 e. The second-order valence-electron chi connectivity index (χ2n) is 11.0. The van der Waals surface area contributed by atoms with Gasteiger partial charge in [0.15, 0.2) is 0 Å². The van der Waals surface area contributed by atoms with Crippen molar-refractivity contribution in [3.05, 3.63) is 84.4 Å². The van der Waals surface area contributed by atoms with E-state index >= 15 is 0 Å². The van der Waals surface area contributed by atoms with Crippen LogP contribution in [0.15, 0.2) is 73.3 Å². The number of hydrogen-bond acceptors (Lipinski definition) is 10. The summed E-state index contributed by atoms with van der Waals surface area (Å²) in [4.78, 5) is 69.6. The lowest BCUT2D eigenvalue weighted by molar-refractivity contribution is -0.174. The van der Waals surface area contributed by atoms with Crippen molar-refractivity contribution >= 4 is 37.4 Å². The normalized spacial score (nSPS) is 17.1. The van der Waals surface area contributed by atoms with Crippen molar-refractivity contribution in [3.63, 3.8) is 0 Å². The number of likely N-dealkylation sites (tertiary alicyclic amines) is 1. The van der Waals surface area contributed by atoms with E-state index in [4.69, 9.17) is 18.5 Å². The Morgan fingerprint density at radius 2 is 1.49 bits per heavy atom. The Morgan fingerprint density at radius 3 is 1.98 bits per heavy atom. The molecule has 45 heavy (non-hydrogen) atoms. The van der Waals surface area contributed by atoms with Gasteiger partial charge in [0.1, 0.15) is 11.6 Å². The highest BCUT2D eigenvalue weighted by Gasteiger charge is 2.62. The number of amides is 3. The van der Waals surface area contributed by atoms with E-state index in [9.17, 15) is 28.5 Å². The largest absolute Gasteiger partial charge is 0.458 e. The zero-order valence-electron chi connectivity index (χ0n) is 26.0. The average Bonchev–Trinajstić information content (AvgIpc) is 2.99. The minimum atomic E-state index is -4.39. The number of β-lactam (4-membered cyclic amide) rings is 1. The van der Waals surface area contributed by atoms with Crippen LogP contribution in [0.25, 0.3) is 0 Å². The molecule has 1 aliphatic rings. The van der Waals surface area contributed by atoms with Crippen molar-refractivity contribution in [1.29, 1.82) is 0 Å². The zero-order chi connectivity index (χ0) is 33.4. The van der Waals surface area contributed by atoms with E-state index < -0.39 is 60.9 Å². The molecule has 242 valence electrons. The summed E-state index contributed by atoms with van der Waals surface area (Å²) in [6, 6.07) is 12.7. The van der Waals surface area contributed by atoms with Crippen LogP contribution in [0.4, 0.5) is 4.79 Å². The van der Waals surface area contributed by atoms with Crippen LogP contribution in [0.3, 0.4) is 0 Å². The molecule has 0 radical (unpaired) electrons. The minimum Gasteiger partial charge on any atom is -0.458 e. The van der Waals surface area contributed by atoms with E-state index in [1.807, 2.05) is 0 Å². The third-order valence-corrected chi connectivity index (χ3v) is 8.89. The van der Waals surface area contributed by atoms with Crippen LogP contribution in [0.5, 0.6) is 0 Å². The summed E-state index contributed by atoms with van der Waals surface area (Å²) < 4.78 is 35.8. The zero-order valence-corrected chi connectivity index (χ0v) is 26.9. The van der Waals surface area contributed by atoms with Gasteiger partial charge >= 0.3 is 25.6 Å². The van der Waals surface area contributed by atoms with E-state index in [1.165, 1.54) is 24.3 Å². The highest BCUT2D eigenvalue weighted by molar-refractivity contribution is 7.55. The number of ether oxygens (including phenoxy) is 2. The lowest BCUT2D eigenvalue weighted by Crippen LogP contribution is -2.75. The maximum atomic E-state index is 14.1. The third kappa shape index (κ3) is 8.33. The predicted octanol–water partition coefficient (Wildman–Crippen LogP) is 5.59. The molecule has 0 aliphatic carbocycles. The van der Waals surface area contributed by atoms with Gasteiger partial charge in [-0.05, 0) is 71.7 Å². The first-order valence-electron chi connectivity index (χ1n) is 14.5. The molecule has 0 N–H and O–H groups in total. The van der Waals surface area contributed by atoms with Crippen LogP contribution in [-0.4, -0.2) is 76.3 Å². The number of imide groups is 1. The van der Waals surface area contributed by atoms with Crippen molar-refractivity contribution in [2.45, 2.75) is 70.9 Å². The first-order chi connectivity index (χ1) is 21.3. The number of rotatable bonds is 13. The Labute approximate surface area is 262 Å². The van der Waals surface area contributed by atoms with Crippen molar-refractivity contribution in [1.82, 2.24) is 9.80 Å². The topological polar surface area (TPSA) is 146 Å². The molecule has 3 rings (SSSR count). The summed E-state index contributed by atoms with van der Waals surface area (Å²) in [5.41, 5.74) is -0.963. The molecule has 2 aromatic carbocycles. The third-order valence-electron chi connectivity index (χ3n) is 6.60.